The van der Waals surface area contributed by atoms with Crippen LogP contribution in [0.2, 0.25) is 0 Å². The largest absolute Gasteiger partial charge is 0.458 e. The molecule has 0 amide bonds. The van der Waals surface area contributed by atoms with E-state index in [0.717, 1.165) is 19.3 Å². The summed E-state index contributed by atoms with van der Waals surface area (Å²) in [7, 11) is 0. The number of ketones is 1. The van der Waals surface area contributed by atoms with Crippen molar-refractivity contribution < 1.29 is 19.1 Å². The molecule has 166 valence electrons. The van der Waals surface area contributed by atoms with E-state index in [1.54, 1.807) is 6.92 Å². The van der Waals surface area contributed by atoms with Gasteiger partial charge in [0.15, 0.2) is 10.9 Å². The highest BCUT2D eigenvalue weighted by Gasteiger charge is 2.81. The lowest BCUT2D eigenvalue weighted by Gasteiger charge is -2.61. The lowest BCUT2D eigenvalue weighted by atomic mass is 9.45. The van der Waals surface area contributed by atoms with Gasteiger partial charge >= 0.3 is 5.97 Å². The Morgan fingerprint density at radius 3 is 2.65 bits per heavy atom. The number of hydrogen-bond donors (Lipinski definition) is 0. The van der Waals surface area contributed by atoms with Gasteiger partial charge in [-0.1, -0.05) is 31.2 Å². The minimum atomic E-state index is -0.206. The van der Waals surface area contributed by atoms with Crippen LogP contribution in [0.3, 0.4) is 0 Å². The van der Waals surface area contributed by atoms with Gasteiger partial charge in [0.1, 0.15) is 5.60 Å². The average molecular weight is 441 g/mol. The predicted octanol–water partition coefficient (Wildman–Crippen LogP) is 4.56. The number of fused-ring (bicyclic) bond motifs is 12. The molecule has 1 saturated heterocycles. The van der Waals surface area contributed by atoms with E-state index in [1.807, 2.05) is 6.08 Å². The molecule has 7 aliphatic rings. The van der Waals surface area contributed by atoms with Gasteiger partial charge in [0, 0.05) is 41.8 Å². The third-order valence-corrected chi connectivity index (χ3v) is 12.5. The molecule has 6 aliphatic carbocycles. The van der Waals surface area contributed by atoms with Gasteiger partial charge in [0.05, 0.1) is 0 Å². The lowest BCUT2D eigenvalue weighted by Crippen LogP contribution is -2.59. The van der Waals surface area contributed by atoms with Crippen molar-refractivity contribution in [3.63, 3.8) is 0 Å². The Labute approximate surface area is 188 Å². The highest BCUT2D eigenvalue weighted by Crippen LogP contribution is 2.82. The van der Waals surface area contributed by atoms with Gasteiger partial charge in [0.2, 0.25) is 0 Å². The molecule has 0 aromatic heterocycles. The van der Waals surface area contributed by atoms with Crippen molar-refractivity contribution in [1.82, 2.24) is 0 Å². The molecule has 11 atom stereocenters. The second-order valence-electron chi connectivity index (χ2n) is 12.2. The minimum Gasteiger partial charge on any atom is -0.458 e. The Bertz CT molecular complexity index is 970. The first-order valence-corrected chi connectivity index (χ1v) is 13.2. The molecule has 6 fully saturated rings. The topological polar surface area (TPSA) is 60.4 Å². The maximum atomic E-state index is 12.6. The quantitative estimate of drug-likeness (QED) is 0.559. The number of esters is 1. The Hall–Kier alpha value is -1.10. The van der Waals surface area contributed by atoms with Crippen LogP contribution in [0.5, 0.6) is 0 Å². The molecule has 4 nitrogen and oxygen atoms in total. The van der Waals surface area contributed by atoms with E-state index in [0.29, 0.717) is 54.3 Å². The SMILES string of the molecule is CC(=O)S[C@H]1CC(=O)C=C2C3CC3C3C(CCC4(C)C3C3CC3[C@@]43CCC(=O)O3)C21C. The molecule has 1 heterocycles. The van der Waals surface area contributed by atoms with Crippen LogP contribution in [0.25, 0.3) is 0 Å². The molecule has 9 unspecified atom stereocenters. The van der Waals surface area contributed by atoms with Crippen LogP contribution in [0.4, 0.5) is 0 Å². The second-order valence-corrected chi connectivity index (χ2v) is 13.6. The summed E-state index contributed by atoms with van der Waals surface area (Å²) in [6.45, 7) is 6.50. The first-order valence-electron chi connectivity index (χ1n) is 12.3. The van der Waals surface area contributed by atoms with E-state index >= 15 is 0 Å². The zero-order valence-corrected chi connectivity index (χ0v) is 19.5. The summed E-state index contributed by atoms with van der Waals surface area (Å²) in [5.41, 5.74) is 1.22. The minimum absolute atomic E-state index is 0.0171. The van der Waals surface area contributed by atoms with E-state index in [2.05, 4.69) is 13.8 Å². The van der Waals surface area contributed by atoms with E-state index in [4.69, 9.17) is 4.74 Å². The smallest absolute Gasteiger partial charge is 0.306 e. The maximum Gasteiger partial charge on any atom is 0.306 e. The highest BCUT2D eigenvalue weighted by atomic mass is 32.2. The Morgan fingerprint density at radius 1 is 1.13 bits per heavy atom. The molecule has 5 saturated carbocycles. The number of ether oxygens (including phenoxy) is 1. The maximum absolute atomic E-state index is 12.6. The average Bonchev–Trinajstić information content (AvgIpc) is 3.60. The zero-order chi connectivity index (χ0) is 21.5. The zero-order valence-electron chi connectivity index (χ0n) is 18.7. The molecule has 1 aliphatic heterocycles. The van der Waals surface area contributed by atoms with Crippen molar-refractivity contribution in [1.29, 1.82) is 0 Å². The first kappa shape index (κ1) is 19.4. The van der Waals surface area contributed by atoms with Gasteiger partial charge in [-0.05, 0) is 73.7 Å². The molecule has 1 spiro atoms. The number of carbonyl (C=O) groups excluding carboxylic acids is 3. The van der Waals surface area contributed by atoms with Crippen molar-refractivity contribution in [2.45, 2.75) is 76.6 Å². The second kappa shape index (κ2) is 5.69. The van der Waals surface area contributed by atoms with Crippen LogP contribution >= 0.6 is 11.8 Å². The van der Waals surface area contributed by atoms with Gasteiger partial charge in [-0.2, -0.15) is 0 Å². The summed E-state index contributed by atoms with van der Waals surface area (Å²) >= 11 is 1.42. The number of rotatable bonds is 1. The highest BCUT2D eigenvalue weighted by molar-refractivity contribution is 8.14. The van der Waals surface area contributed by atoms with E-state index in [9.17, 15) is 14.4 Å². The third-order valence-electron chi connectivity index (χ3n) is 11.3. The molecule has 0 aromatic carbocycles. The van der Waals surface area contributed by atoms with E-state index in [1.165, 1.54) is 30.2 Å². The molecular formula is C26H32O4S. The fourth-order valence-corrected chi connectivity index (χ4v) is 11.3. The van der Waals surface area contributed by atoms with Crippen molar-refractivity contribution in [3.8, 4) is 0 Å². The molecule has 0 radical (unpaired) electrons. The van der Waals surface area contributed by atoms with Crippen LogP contribution in [0.15, 0.2) is 11.6 Å². The Balaban J connectivity index is 1.32. The summed E-state index contributed by atoms with van der Waals surface area (Å²) in [6.07, 6.45) is 8.70. The van der Waals surface area contributed by atoms with E-state index in [-0.39, 0.29) is 38.5 Å². The van der Waals surface area contributed by atoms with Crippen molar-refractivity contribution in [2.75, 3.05) is 0 Å². The van der Waals surface area contributed by atoms with Crippen molar-refractivity contribution in [2.24, 2.45) is 52.3 Å². The summed E-state index contributed by atoms with van der Waals surface area (Å²) in [5.74, 6) is 4.58. The standard InChI is InChI=1S/C26H32O4S/c1-12(27)31-20-9-13(28)8-18-14-10-15(14)22-17(25(18,20)3)4-6-24(2)23(22)16-11-19(16)26(24)7-5-21(29)30-26/h8,14-17,19-20,22-23H,4-7,9-11H2,1-3H3/t14?,15?,16?,17?,19?,20-,22?,23?,24?,25?,26-/m0/s1. The lowest BCUT2D eigenvalue weighted by molar-refractivity contribution is -0.177. The van der Waals surface area contributed by atoms with E-state index < -0.39 is 0 Å². The van der Waals surface area contributed by atoms with Crippen LogP contribution in [0.1, 0.15) is 65.7 Å². The molecule has 7 rings (SSSR count). The molecule has 31 heavy (non-hydrogen) atoms. The molecular weight excluding hydrogens is 408 g/mol. The normalized spacial score (nSPS) is 57.8. The predicted molar refractivity (Wildman–Crippen MR) is 117 cm³/mol. The van der Waals surface area contributed by atoms with Gasteiger partial charge in [-0.25, -0.2) is 0 Å². The monoisotopic (exact) mass is 440 g/mol. The van der Waals surface area contributed by atoms with Crippen LogP contribution in [0, 0.1) is 52.3 Å². The molecule has 5 heteroatoms. The van der Waals surface area contributed by atoms with Crippen LogP contribution in [-0.4, -0.2) is 27.7 Å². The van der Waals surface area contributed by atoms with Crippen molar-refractivity contribution >= 4 is 28.6 Å². The first-order chi connectivity index (χ1) is 14.7. The Kier molecular flexibility index (Phi) is 3.55. The van der Waals surface area contributed by atoms with Crippen LogP contribution < -0.4 is 0 Å². The molecule has 0 N–H and O–H groups in total. The third kappa shape index (κ3) is 2.14. The number of hydrogen-bond acceptors (Lipinski definition) is 5. The number of allylic oxidation sites excluding steroid dienone is 1. The van der Waals surface area contributed by atoms with Gasteiger partial charge in [-0.3, -0.25) is 14.4 Å². The number of thioether (sulfide) groups is 1. The van der Waals surface area contributed by atoms with Crippen LogP contribution in [-0.2, 0) is 19.1 Å². The number of carbonyl (C=O) groups is 3. The summed E-state index contributed by atoms with van der Waals surface area (Å²) in [5, 5.41) is 0.209. The van der Waals surface area contributed by atoms with Gasteiger partial charge in [0.25, 0.3) is 0 Å². The fraction of sp³-hybridized carbons (Fsp3) is 0.808. The summed E-state index contributed by atoms with van der Waals surface area (Å²) < 4.78 is 6.24. The van der Waals surface area contributed by atoms with Gasteiger partial charge in [-0.15, -0.1) is 0 Å². The fourth-order valence-electron chi connectivity index (χ4n) is 10.1. The summed E-state index contributed by atoms with van der Waals surface area (Å²) in [6, 6.07) is 0. The molecule has 0 bridgehead atoms. The van der Waals surface area contributed by atoms with Crippen molar-refractivity contribution in [3.05, 3.63) is 11.6 Å². The molecule has 0 aromatic rings. The van der Waals surface area contributed by atoms with Gasteiger partial charge < -0.3 is 4.74 Å². The summed E-state index contributed by atoms with van der Waals surface area (Å²) in [4.78, 5) is 37.0. The Morgan fingerprint density at radius 2 is 1.94 bits per heavy atom.